The molecule has 0 radical (unpaired) electrons. The molecule has 2 rings (SSSR count). The van der Waals surface area contributed by atoms with Gasteiger partial charge in [0, 0.05) is 18.2 Å². The topological polar surface area (TPSA) is 41.1 Å². The predicted octanol–water partition coefficient (Wildman–Crippen LogP) is 0.985. The first-order valence-electron chi connectivity index (χ1n) is 5.60. The van der Waals surface area contributed by atoms with Crippen LogP contribution in [0.15, 0.2) is 18.2 Å². The van der Waals surface area contributed by atoms with Gasteiger partial charge < -0.3 is 10.6 Å². The maximum Gasteiger partial charge on any atom is 0.224 e. The van der Waals surface area contributed by atoms with Crippen molar-refractivity contribution in [2.24, 2.45) is 0 Å². The highest BCUT2D eigenvalue weighted by Crippen LogP contribution is 2.12. The molecule has 5 heteroatoms. The third-order valence-corrected chi connectivity index (χ3v) is 2.82. The van der Waals surface area contributed by atoms with Crippen molar-refractivity contribution in [3.63, 3.8) is 0 Å². The standard InChI is InChI=1S/C12H14F2N2O/c13-10-2-1-3-11(14)9(10)6-12(17)16-8-4-5-15-7-8/h1-3,8,15H,4-7H2,(H,16,17)/t8-/m1/s1. The van der Waals surface area contributed by atoms with Crippen molar-refractivity contribution in [2.75, 3.05) is 13.1 Å². The van der Waals surface area contributed by atoms with Crippen LogP contribution in [0.2, 0.25) is 0 Å². The number of hydrogen-bond acceptors (Lipinski definition) is 2. The van der Waals surface area contributed by atoms with E-state index in [1.165, 1.54) is 6.07 Å². The average Bonchev–Trinajstić information content (AvgIpc) is 2.76. The van der Waals surface area contributed by atoms with Crippen molar-refractivity contribution in [1.29, 1.82) is 0 Å². The van der Waals surface area contributed by atoms with Crippen LogP contribution in [0.4, 0.5) is 8.78 Å². The molecule has 0 bridgehead atoms. The van der Waals surface area contributed by atoms with E-state index in [2.05, 4.69) is 10.6 Å². The fraction of sp³-hybridized carbons (Fsp3) is 0.417. The molecule has 0 aromatic heterocycles. The number of rotatable bonds is 3. The van der Waals surface area contributed by atoms with Gasteiger partial charge in [-0.05, 0) is 25.1 Å². The lowest BCUT2D eigenvalue weighted by atomic mass is 10.1. The first-order chi connectivity index (χ1) is 8.16. The fourth-order valence-corrected chi connectivity index (χ4v) is 1.92. The summed E-state index contributed by atoms with van der Waals surface area (Å²) >= 11 is 0. The minimum Gasteiger partial charge on any atom is -0.352 e. The molecule has 1 saturated heterocycles. The molecule has 17 heavy (non-hydrogen) atoms. The summed E-state index contributed by atoms with van der Waals surface area (Å²) in [6.07, 6.45) is 0.598. The summed E-state index contributed by atoms with van der Waals surface area (Å²) in [5.74, 6) is -1.70. The molecular weight excluding hydrogens is 226 g/mol. The van der Waals surface area contributed by atoms with E-state index in [1.54, 1.807) is 0 Å². The number of nitrogens with one attached hydrogen (secondary N) is 2. The van der Waals surface area contributed by atoms with Crippen LogP contribution in [-0.2, 0) is 11.2 Å². The van der Waals surface area contributed by atoms with E-state index < -0.39 is 11.6 Å². The molecule has 1 heterocycles. The Labute approximate surface area is 98.2 Å². The van der Waals surface area contributed by atoms with Crippen molar-refractivity contribution in [1.82, 2.24) is 10.6 Å². The summed E-state index contributed by atoms with van der Waals surface area (Å²) in [5, 5.41) is 5.85. The zero-order valence-electron chi connectivity index (χ0n) is 9.30. The maximum absolute atomic E-state index is 13.3. The first kappa shape index (κ1) is 12.0. The van der Waals surface area contributed by atoms with E-state index in [9.17, 15) is 13.6 Å². The molecule has 1 aromatic rings. The van der Waals surface area contributed by atoms with Gasteiger partial charge in [0.2, 0.25) is 5.91 Å². The van der Waals surface area contributed by atoms with Crippen LogP contribution >= 0.6 is 0 Å². The van der Waals surface area contributed by atoms with E-state index in [0.717, 1.165) is 25.1 Å². The Morgan fingerprint density at radius 2 is 2.12 bits per heavy atom. The van der Waals surface area contributed by atoms with Crippen molar-refractivity contribution in [3.8, 4) is 0 Å². The van der Waals surface area contributed by atoms with Gasteiger partial charge in [-0.15, -0.1) is 0 Å². The van der Waals surface area contributed by atoms with Crippen molar-refractivity contribution in [3.05, 3.63) is 35.4 Å². The Hall–Kier alpha value is -1.49. The molecule has 1 amide bonds. The van der Waals surface area contributed by atoms with Crippen LogP contribution in [0.25, 0.3) is 0 Å². The molecule has 3 nitrogen and oxygen atoms in total. The largest absolute Gasteiger partial charge is 0.352 e. The third-order valence-electron chi connectivity index (χ3n) is 2.82. The summed E-state index contributed by atoms with van der Waals surface area (Å²) in [6.45, 7) is 1.57. The van der Waals surface area contributed by atoms with Gasteiger partial charge in [-0.2, -0.15) is 0 Å². The van der Waals surface area contributed by atoms with Gasteiger partial charge in [0.1, 0.15) is 11.6 Å². The number of benzene rings is 1. The molecule has 1 aliphatic heterocycles. The van der Waals surface area contributed by atoms with E-state index >= 15 is 0 Å². The van der Waals surface area contributed by atoms with Crippen LogP contribution < -0.4 is 10.6 Å². The lowest BCUT2D eigenvalue weighted by Crippen LogP contribution is -2.37. The second-order valence-corrected chi connectivity index (χ2v) is 4.13. The molecule has 1 fully saturated rings. The Morgan fingerprint density at radius 1 is 1.41 bits per heavy atom. The molecule has 2 N–H and O–H groups in total. The second kappa shape index (κ2) is 5.23. The molecule has 92 valence electrons. The molecule has 0 spiro atoms. The van der Waals surface area contributed by atoms with Crippen LogP contribution in [-0.4, -0.2) is 25.0 Å². The second-order valence-electron chi connectivity index (χ2n) is 4.13. The summed E-state index contributed by atoms with van der Waals surface area (Å²) in [4.78, 5) is 11.6. The number of carbonyl (C=O) groups is 1. The normalized spacial score (nSPS) is 19.3. The van der Waals surface area contributed by atoms with Gasteiger partial charge >= 0.3 is 0 Å². The summed E-state index contributed by atoms with van der Waals surface area (Å²) in [6, 6.07) is 3.66. The van der Waals surface area contributed by atoms with Gasteiger partial charge in [0.15, 0.2) is 0 Å². The number of carbonyl (C=O) groups excluding carboxylic acids is 1. The van der Waals surface area contributed by atoms with Crippen molar-refractivity contribution >= 4 is 5.91 Å². The molecule has 1 atom stereocenters. The lowest BCUT2D eigenvalue weighted by Gasteiger charge is -2.11. The molecule has 0 saturated carbocycles. The van der Waals surface area contributed by atoms with Gasteiger partial charge in [-0.3, -0.25) is 4.79 Å². The van der Waals surface area contributed by atoms with Gasteiger partial charge in [-0.1, -0.05) is 6.07 Å². The predicted molar refractivity (Wildman–Crippen MR) is 59.5 cm³/mol. The Morgan fingerprint density at radius 3 is 2.71 bits per heavy atom. The highest BCUT2D eigenvalue weighted by molar-refractivity contribution is 5.79. The van der Waals surface area contributed by atoms with Gasteiger partial charge in [0.25, 0.3) is 0 Å². The van der Waals surface area contributed by atoms with Gasteiger partial charge in [-0.25, -0.2) is 8.78 Å². The van der Waals surface area contributed by atoms with Crippen LogP contribution in [0, 0.1) is 11.6 Å². The minimum atomic E-state index is -0.676. The SMILES string of the molecule is O=C(Cc1c(F)cccc1F)N[C@@H]1CCNC1. The quantitative estimate of drug-likeness (QED) is 0.827. The number of amides is 1. The Balaban J connectivity index is 1.97. The smallest absolute Gasteiger partial charge is 0.224 e. The molecule has 1 aromatic carbocycles. The fourth-order valence-electron chi connectivity index (χ4n) is 1.92. The molecule has 1 aliphatic rings. The van der Waals surface area contributed by atoms with Crippen molar-refractivity contribution < 1.29 is 13.6 Å². The van der Waals surface area contributed by atoms with E-state index in [4.69, 9.17) is 0 Å². The zero-order chi connectivity index (χ0) is 12.3. The minimum absolute atomic E-state index is 0.0670. The first-order valence-corrected chi connectivity index (χ1v) is 5.60. The lowest BCUT2D eigenvalue weighted by molar-refractivity contribution is -0.121. The molecular formula is C12H14F2N2O. The summed E-state index contributed by atoms with van der Waals surface area (Å²) in [5.41, 5.74) is -0.170. The number of halogens is 2. The van der Waals surface area contributed by atoms with Crippen LogP contribution in [0.1, 0.15) is 12.0 Å². The van der Waals surface area contributed by atoms with Crippen LogP contribution in [0.3, 0.4) is 0 Å². The van der Waals surface area contributed by atoms with E-state index in [0.29, 0.717) is 6.54 Å². The monoisotopic (exact) mass is 240 g/mol. The van der Waals surface area contributed by atoms with Crippen molar-refractivity contribution in [2.45, 2.75) is 18.9 Å². The molecule has 0 aliphatic carbocycles. The highest BCUT2D eigenvalue weighted by atomic mass is 19.1. The summed E-state index contributed by atoms with van der Waals surface area (Å²) in [7, 11) is 0. The summed E-state index contributed by atoms with van der Waals surface area (Å²) < 4.78 is 26.6. The van der Waals surface area contributed by atoms with E-state index in [1.807, 2.05) is 0 Å². The van der Waals surface area contributed by atoms with Gasteiger partial charge in [0.05, 0.1) is 6.42 Å². The number of hydrogen-bond donors (Lipinski definition) is 2. The average molecular weight is 240 g/mol. The maximum atomic E-state index is 13.3. The third kappa shape index (κ3) is 3.00. The molecule has 0 unspecified atom stereocenters. The Bertz CT molecular complexity index is 397. The van der Waals surface area contributed by atoms with E-state index in [-0.39, 0.29) is 23.9 Å². The van der Waals surface area contributed by atoms with Crippen LogP contribution in [0.5, 0.6) is 0 Å². The Kier molecular flexibility index (Phi) is 3.68. The highest BCUT2D eigenvalue weighted by Gasteiger charge is 2.18. The zero-order valence-corrected chi connectivity index (χ0v) is 9.30.